The van der Waals surface area contributed by atoms with Gasteiger partial charge in [-0.05, 0) is 53.4 Å². The Morgan fingerprint density at radius 1 is 1.19 bits per heavy atom. The van der Waals surface area contributed by atoms with E-state index in [1.165, 1.54) is 11.1 Å². The van der Waals surface area contributed by atoms with Crippen LogP contribution < -0.4 is 0 Å². The fraction of sp³-hybridized carbons (Fsp3) is 0.214. The van der Waals surface area contributed by atoms with E-state index in [1.807, 2.05) is 41.9 Å². The Bertz CT molecular complexity index is 497. The van der Waals surface area contributed by atoms with Crippen LogP contribution in [0, 0.1) is 13.8 Å². The normalized spacial score (nSPS) is 10.4. The van der Waals surface area contributed by atoms with E-state index in [2.05, 4.69) is 6.92 Å². The Kier molecular flexibility index (Phi) is 3.20. The number of carbonyl (C=O) groups excluding carboxylic acids is 1. The molecule has 0 saturated heterocycles. The summed E-state index contributed by atoms with van der Waals surface area (Å²) in [7, 11) is 0. The van der Waals surface area contributed by atoms with E-state index >= 15 is 0 Å². The molecule has 1 heterocycles. The van der Waals surface area contributed by atoms with E-state index in [9.17, 15) is 4.79 Å². The highest BCUT2D eigenvalue weighted by Crippen LogP contribution is 2.14. The third kappa shape index (κ3) is 2.39. The van der Waals surface area contributed by atoms with Gasteiger partial charge in [0.2, 0.25) is 0 Å². The molecule has 82 valence electrons. The number of carbonyl (C=O) groups is 1. The smallest absolute Gasteiger partial charge is 0.167 e. The van der Waals surface area contributed by atoms with Crippen LogP contribution in [-0.4, -0.2) is 5.78 Å². The maximum atomic E-state index is 12.0. The average Bonchev–Trinajstić information content (AvgIpc) is 2.74. The highest BCUT2D eigenvalue weighted by molar-refractivity contribution is 7.08. The standard InChI is InChI=1S/C14H14OS/c1-10-3-4-13(7-11(10)2)14(15)8-12-5-6-16-9-12/h3-7,9H,8H2,1-2H3. The molecule has 2 heteroatoms. The van der Waals surface area contributed by atoms with E-state index in [-0.39, 0.29) is 5.78 Å². The van der Waals surface area contributed by atoms with Crippen LogP contribution in [0.15, 0.2) is 35.0 Å². The SMILES string of the molecule is Cc1ccc(C(=O)Cc2ccsc2)cc1C. The molecule has 1 nitrogen and oxygen atoms in total. The van der Waals surface area contributed by atoms with Crippen molar-refractivity contribution in [3.05, 3.63) is 57.3 Å². The number of benzene rings is 1. The summed E-state index contributed by atoms with van der Waals surface area (Å²) < 4.78 is 0. The predicted octanol–water partition coefficient (Wildman–Crippen LogP) is 3.79. The molecule has 0 aliphatic carbocycles. The van der Waals surface area contributed by atoms with Crippen LogP contribution in [0.5, 0.6) is 0 Å². The summed E-state index contributed by atoms with van der Waals surface area (Å²) in [6.45, 7) is 4.10. The summed E-state index contributed by atoms with van der Waals surface area (Å²) in [4.78, 5) is 12.0. The number of thiophene rings is 1. The van der Waals surface area contributed by atoms with Gasteiger partial charge in [0.25, 0.3) is 0 Å². The minimum Gasteiger partial charge on any atom is -0.294 e. The summed E-state index contributed by atoms with van der Waals surface area (Å²) in [5.74, 6) is 0.196. The first kappa shape index (κ1) is 11.1. The van der Waals surface area contributed by atoms with Gasteiger partial charge < -0.3 is 0 Å². The molecule has 0 atom stereocenters. The zero-order valence-corrected chi connectivity index (χ0v) is 10.3. The molecule has 2 aromatic rings. The molecule has 0 spiro atoms. The lowest BCUT2D eigenvalue weighted by Crippen LogP contribution is -2.03. The molecule has 16 heavy (non-hydrogen) atoms. The van der Waals surface area contributed by atoms with Gasteiger partial charge in [-0.2, -0.15) is 11.3 Å². The van der Waals surface area contributed by atoms with Gasteiger partial charge in [-0.1, -0.05) is 12.1 Å². The second-order valence-electron chi connectivity index (χ2n) is 4.03. The molecule has 0 aliphatic rings. The van der Waals surface area contributed by atoms with Gasteiger partial charge in [-0.25, -0.2) is 0 Å². The minimum absolute atomic E-state index is 0.196. The molecule has 0 unspecified atom stereocenters. The highest BCUT2D eigenvalue weighted by atomic mass is 32.1. The summed E-state index contributed by atoms with van der Waals surface area (Å²) >= 11 is 1.63. The van der Waals surface area contributed by atoms with Crippen LogP contribution in [0.1, 0.15) is 27.0 Å². The zero-order chi connectivity index (χ0) is 11.5. The maximum Gasteiger partial charge on any atom is 0.167 e. The fourth-order valence-electron chi connectivity index (χ4n) is 1.60. The molecule has 0 saturated carbocycles. The second kappa shape index (κ2) is 4.62. The zero-order valence-electron chi connectivity index (χ0n) is 9.49. The van der Waals surface area contributed by atoms with E-state index in [1.54, 1.807) is 11.3 Å². The quantitative estimate of drug-likeness (QED) is 0.733. The number of rotatable bonds is 3. The molecule has 1 aromatic carbocycles. The molecule has 0 N–H and O–H groups in total. The van der Waals surface area contributed by atoms with Crippen molar-refractivity contribution in [2.24, 2.45) is 0 Å². The van der Waals surface area contributed by atoms with Crippen molar-refractivity contribution >= 4 is 17.1 Å². The Hall–Kier alpha value is -1.41. The Balaban J connectivity index is 2.18. The van der Waals surface area contributed by atoms with E-state index in [4.69, 9.17) is 0 Å². The van der Waals surface area contributed by atoms with Crippen LogP contribution in [0.3, 0.4) is 0 Å². The predicted molar refractivity (Wildman–Crippen MR) is 68.3 cm³/mol. The number of hydrogen-bond acceptors (Lipinski definition) is 2. The average molecular weight is 230 g/mol. The van der Waals surface area contributed by atoms with Gasteiger partial charge in [0, 0.05) is 12.0 Å². The summed E-state index contributed by atoms with van der Waals surface area (Å²) in [6.07, 6.45) is 0.506. The van der Waals surface area contributed by atoms with Gasteiger partial charge in [0.05, 0.1) is 0 Å². The second-order valence-corrected chi connectivity index (χ2v) is 4.81. The summed E-state index contributed by atoms with van der Waals surface area (Å²) in [6, 6.07) is 7.90. The fourth-order valence-corrected chi connectivity index (χ4v) is 2.26. The van der Waals surface area contributed by atoms with Gasteiger partial charge in [0.15, 0.2) is 5.78 Å². The van der Waals surface area contributed by atoms with Crippen LogP contribution in [0.4, 0.5) is 0 Å². The lowest BCUT2D eigenvalue weighted by atomic mass is 10.0. The Labute approximate surface area is 99.8 Å². The van der Waals surface area contributed by atoms with E-state index in [0.29, 0.717) is 6.42 Å². The number of Topliss-reactive ketones (excluding diaryl/α,β-unsaturated/α-hetero) is 1. The minimum atomic E-state index is 0.196. The van der Waals surface area contributed by atoms with Crippen molar-refractivity contribution in [1.29, 1.82) is 0 Å². The van der Waals surface area contributed by atoms with E-state index in [0.717, 1.165) is 11.1 Å². The van der Waals surface area contributed by atoms with Crippen molar-refractivity contribution < 1.29 is 4.79 Å². The van der Waals surface area contributed by atoms with Crippen molar-refractivity contribution in [2.45, 2.75) is 20.3 Å². The number of aryl methyl sites for hydroxylation is 2. The van der Waals surface area contributed by atoms with E-state index < -0.39 is 0 Å². The van der Waals surface area contributed by atoms with Gasteiger partial charge in [-0.15, -0.1) is 0 Å². The molecule has 2 rings (SSSR count). The lowest BCUT2D eigenvalue weighted by Gasteiger charge is -2.03. The van der Waals surface area contributed by atoms with Gasteiger partial charge in [-0.3, -0.25) is 4.79 Å². The number of hydrogen-bond donors (Lipinski definition) is 0. The van der Waals surface area contributed by atoms with Crippen LogP contribution in [-0.2, 0) is 6.42 Å². The highest BCUT2D eigenvalue weighted by Gasteiger charge is 2.08. The van der Waals surface area contributed by atoms with Crippen LogP contribution in [0.2, 0.25) is 0 Å². The molecule has 1 aromatic heterocycles. The largest absolute Gasteiger partial charge is 0.294 e. The molecule has 0 bridgehead atoms. The Morgan fingerprint density at radius 3 is 2.62 bits per heavy atom. The topological polar surface area (TPSA) is 17.1 Å². The summed E-state index contributed by atoms with van der Waals surface area (Å²) in [5.41, 5.74) is 4.32. The van der Waals surface area contributed by atoms with Crippen molar-refractivity contribution in [3.8, 4) is 0 Å². The van der Waals surface area contributed by atoms with Crippen LogP contribution in [0.25, 0.3) is 0 Å². The Morgan fingerprint density at radius 2 is 2.00 bits per heavy atom. The molecule has 0 fully saturated rings. The van der Waals surface area contributed by atoms with Gasteiger partial charge >= 0.3 is 0 Å². The molecule has 0 aliphatic heterocycles. The maximum absolute atomic E-state index is 12.0. The lowest BCUT2D eigenvalue weighted by molar-refractivity contribution is 0.0993. The van der Waals surface area contributed by atoms with Crippen LogP contribution >= 0.6 is 11.3 Å². The third-order valence-electron chi connectivity index (χ3n) is 2.77. The van der Waals surface area contributed by atoms with Gasteiger partial charge in [0.1, 0.15) is 0 Å². The molecular weight excluding hydrogens is 216 g/mol. The summed E-state index contributed by atoms with van der Waals surface area (Å²) in [5, 5.41) is 4.03. The molecular formula is C14H14OS. The monoisotopic (exact) mass is 230 g/mol. The third-order valence-corrected chi connectivity index (χ3v) is 3.51. The van der Waals surface area contributed by atoms with Crippen molar-refractivity contribution in [3.63, 3.8) is 0 Å². The molecule has 0 amide bonds. The first-order valence-corrected chi connectivity index (χ1v) is 6.22. The van der Waals surface area contributed by atoms with Crippen molar-refractivity contribution in [2.75, 3.05) is 0 Å². The number of ketones is 1. The first-order valence-electron chi connectivity index (χ1n) is 5.28. The first-order chi connectivity index (χ1) is 7.66. The molecule has 0 radical (unpaired) electrons. The van der Waals surface area contributed by atoms with Crippen molar-refractivity contribution in [1.82, 2.24) is 0 Å².